The molecule has 0 aliphatic carbocycles. The number of anilines is 1. The Hall–Kier alpha value is -3.16. The lowest BCUT2D eigenvalue weighted by molar-refractivity contribution is -0.152. The Labute approximate surface area is 170 Å². The largest absolute Gasteiger partial charge is 0.451 e. The van der Waals surface area contributed by atoms with Crippen LogP contribution in [0, 0.1) is 13.8 Å². The lowest BCUT2D eigenvalue weighted by Crippen LogP contribution is -2.36. The van der Waals surface area contributed by atoms with Crippen molar-refractivity contribution in [2.75, 3.05) is 11.9 Å². The predicted molar refractivity (Wildman–Crippen MR) is 110 cm³/mol. The number of nitrogens with zero attached hydrogens (tertiary/aromatic N) is 2. The highest BCUT2D eigenvalue weighted by Crippen LogP contribution is 2.16. The van der Waals surface area contributed by atoms with Crippen LogP contribution < -0.4 is 10.6 Å². The zero-order valence-electron chi connectivity index (χ0n) is 17.5. The van der Waals surface area contributed by atoms with Gasteiger partial charge in [-0.15, -0.1) is 0 Å². The van der Waals surface area contributed by atoms with Gasteiger partial charge in [-0.25, -0.2) is 4.68 Å². The van der Waals surface area contributed by atoms with Gasteiger partial charge in [-0.2, -0.15) is 5.10 Å². The van der Waals surface area contributed by atoms with Gasteiger partial charge in [0.15, 0.2) is 6.10 Å². The first-order valence-corrected chi connectivity index (χ1v) is 9.62. The van der Waals surface area contributed by atoms with Gasteiger partial charge in [0.1, 0.15) is 12.4 Å². The average Bonchev–Trinajstić information content (AvgIpc) is 3.15. The Morgan fingerprint density at radius 3 is 2.52 bits per heavy atom. The van der Waals surface area contributed by atoms with E-state index in [0.29, 0.717) is 11.4 Å². The summed E-state index contributed by atoms with van der Waals surface area (Å²) < 4.78 is 6.83. The molecule has 0 saturated carbocycles. The zero-order chi connectivity index (χ0) is 21.6. The molecule has 2 amide bonds. The minimum absolute atomic E-state index is 0.124. The second kappa shape index (κ2) is 9.86. The highest BCUT2D eigenvalue weighted by Gasteiger charge is 2.20. The quantitative estimate of drug-likeness (QED) is 0.664. The highest BCUT2D eigenvalue weighted by atomic mass is 16.5. The molecule has 0 fully saturated rings. The van der Waals surface area contributed by atoms with Gasteiger partial charge >= 0.3 is 5.97 Å². The third kappa shape index (κ3) is 5.91. The first-order chi connectivity index (χ1) is 13.7. The van der Waals surface area contributed by atoms with Crippen molar-refractivity contribution in [3.8, 4) is 0 Å². The van der Waals surface area contributed by atoms with Gasteiger partial charge in [0.05, 0.1) is 12.2 Å². The van der Waals surface area contributed by atoms with E-state index in [1.807, 2.05) is 33.8 Å². The maximum absolute atomic E-state index is 12.3. The molecule has 0 saturated heterocycles. The smallest absolute Gasteiger partial charge is 0.326 e. The van der Waals surface area contributed by atoms with E-state index in [1.54, 1.807) is 29.1 Å². The van der Waals surface area contributed by atoms with E-state index >= 15 is 0 Å². The van der Waals surface area contributed by atoms with Gasteiger partial charge in [-0.1, -0.05) is 13.0 Å². The molecule has 156 valence electrons. The van der Waals surface area contributed by atoms with Crippen LogP contribution >= 0.6 is 0 Å². The third-order valence-electron chi connectivity index (χ3n) is 4.77. The summed E-state index contributed by atoms with van der Waals surface area (Å²) in [5.74, 6) is -1.00. The van der Waals surface area contributed by atoms with E-state index in [4.69, 9.17) is 4.74 Å². The number of nitrogens with one attached hydrogen (secondary N) is 2. The summed E-state index contributed by atoms with van der Waals surface area (Å²) in [7, 11) is 0. The second-order valence-corrected chi connectivity index (χ2v) is 7.02. The molecular weight excluding hydrogens is 372 g/mol. The molecule has 8 nitrogen and oxygen atoms in total. The summed E-state index contributed by atoms with van der Waals surface area (Å²) in [4.78, 5) is 36.5. The Bertz CT molecular complexity index is 891. The van der Waals surface area contributed by atoms with E-state index in [1.165, 1.54) is 6.92 Å². The molecule has 8 heteroatoms. The van der Waals surface area contributed by atoms with Crippen LogP contribution in [0.2, 0.25) is 0 Å². The highest BCUT2D eigenvalue weighted by molar-refractivity contribution is 5.97. The van der Waals surface area contributed by atoms with Gasteiger partial charge in [0.2, 0.25) is 0 Å². The number of benzene rings is 1. The fraction of sp³-hybridized carbons (Fsp3) is 0.429. The number of rotatable bonds is 8. The first kappa shape index (κ1) is 22.1. The second-order valence-electron chi connectivity index (χ2n) is 7.02. The van der Waals surface area contributed by atoms with Crippen molar-refractivity contribution >= 4 is 23.6 Å². The number of ether oxygens (including phenoxy) is 1. The van der Waals surface area contributed by atoms with Crippen molar-refractivity contribution in [2.45, 2.75) is 53.2 Å². The summed E-state index contributed by atoms with van der Waals surface area (Å²) in [6.45, 7) is 9.03. The van der Waals surface area contributed by atoms with E-state index in [2.05, 4.69) is 15.7 Å². The Balaban J connectivity index is 1.85. The standard InChI is InChI=1S/C21H28N4O4/c1-6-15(4)25-18(9-10-23-25)24-20(27)16(5)29-19(26)12-22-21(28)17-8-7-13(2)14(3)11-17/h7-11,15-16H,6,12H2,1-5H3,(H,22,28)(H,24,27)/t15-,16-/m1/s1. The molecule has 0 aliphatic heterocycles. The number of carbonyl (C=O) groups excluding carboxylic acids is 3. The molecule has 1 aromatic heterocycles. The lowest BCUT2D eigenvalue weighted by Gasteiger charge is -2.17. The summed E-state index contributed by atoms with van der Waals surface area (Å²) in [5.41, 5.74) is 2.53. The fourth-order valence-electron chi connectivity index (χ4n) is 2.59. The molecule has 1 aromatic carbocycles. The summed E-state index contributed by atoms with van der Waals surface area (Å²) in [5, 5.41) is 9.41. The van der Waals surface area contributed by atoms with Gasteiger partial charge in [0, 0.05) is 11.6 Å². The molecule has 2 N–H and O–H groups in total. The molecule has 0 unspecified atom stereocenters. The number of carbonyl (C=O) groups is 3. The summed E-state index contributed by atoms with van der Waals surface area (Å²) in [6.07, 6.45) is 1.44. The molecule has 0 radical (unpaired) electrons. The van der Waals surface area contributed by atoms with Gasteiger partial charge in [-0.3, -0.25) is 14.4 Å². The number of aromatic nitrogens is 2. The van der Waals surface area contributed by atoms with Gasteiger partial charge in [-0.05, 0) is 57.4 Å². The molecule has 0 aliphatic rings. The van der Waals surface area contributed by atoms with Crippen molar-refractivity contribution in [1.29, 1.82) is 0 Å². The van der Waals surface area contributed by atoms with Gasteiger partial charge < -0.3 is 15.4 Å². The van der Waals surface area contributed by atoms with Crippen LogP contribution in [0.4, 0.5) is 5.82 Å². The predicted octanol–water partition coefficient (Wildman–Crippen LogP) is 2.77. The van der Waals surface area contributed by atoms with Crippen molar-refractivity contribution in [2.24, 2.45) is 0 Å². The van der Waals surface area contributed by atoms with Crippen LogP contribution in [0.3, 0.4) is 0 Å². The van der Waals surface area contributed by atoms with E-state index in [-0.39, 0.29) is 18.5 Å². The maximum Gasteiger partial charge on any atom is 0.326 e. The van der Waals surface area contributed by atoms with Gasteiger partial charge in [0.25, 0.3) is 11.8 Å². The number of hydrogen-bond acceptors (Lipinski definition) is 5. The Morgan fingerprint density at radius 1 is 1.14 bits per heavy atom. The topological polar surface area (TPSA) is 102 Å². The SMILES string of the molecule is CC[C@@H](C)n1nccc1NC(=O)[C@@H](C)OC(=O)CNC(=O)c1ccc(C)c(C)c1. The van der Waals surface area contributed by atoms with Crippen LogP contribution in [0.5, 0.6) is 0 Å². The number of hydrogen-bond donors (Lipinski definition) is 2. The number of esters is 1. The Morgan fingerprint density at radius 2 is 1.86 bits per heavy atom. The minimum Gasteiger partial charge on any atom is -0.451 e. The molecule has 2 aromatic rings. The molecule has 0 bridgehead atoms. The Kier molecular flexibility index (Phi) is 7.52. The maximum atomic E-state index is 12.3. The van der Waals surface area contributed by atoms with Crippen LogP contribution in [-0.2, 0) is 14.3 Å². The minimum atomic E-state index is -1.01. The summed E-state index contributed by atoms with van der Waals surface area (Å²) >= 11 is 0. The molecule has 1 heterocycles. The van der Waals surface area contributed by atoms with Crippen LogP contribution in [0.15, 0.2) is 30.5 Å². The van der Waals surface area contributed by atoms with Crippen molar-refractivity contribution in [3.05, 3.63) is 47.2 Å². The monoisotopic (exact) mass is 400 g/mol. The zero-order valence-corrected chi connectivity index (χ0v) is 17.5. The third-order valence-corrected chi connectivity index (χ3v) is 4.77. The van der Waals surface area contributed by atoms with Crippen molar-refractivity contribution in [1.82, 2.24) is 15.1 Å². The van der Waals surface area contributed by atoms with Crippen molar-refractivity contribution in [3.63, 3.8) is 0 Å². The van der Waals surface area contributed by atoms with Crippen LogP contribution in [0.1, 0.15) is 54.7 Å². The first-order valence-electron chi connectivity index (χ1n) is 9.62. The van der Waals surface area contributed by atoms with Crippen LogP contribution in [0.25, 0.3) is 0 Å². The summed E-state index contributed by atoms with van der Waals surface area (Å²) in [6, 6.07) is 7.10. The van der Waals surface area contributed by atoms with Crippen LogP contribution in [-0.4, -0.2) is 40.2 Å². The van der Waals surface area contributed by atoms with E-state index in [0.717, 1.165) is 17.5 Å². The molecule has 2 rings (SSSR count). The fourth-order valence-corrected chi connectivity index (χ4v) is 2.59. The van der Waals surface area contributed by atoms with E-state index in [9.17, 15) is 14.4 Å². The molecule has 29 heavy (non-hydrogen) atoms. The van der Waals surface area contributed by atoms with Crippen molar-refractivity contribution < 1.29 is 19.1 Å². The van der Waals surface area contributed by atoms with E-state index < -0.39 is 18.0 Å². The number of aryl methyl sites for hydroxylation is 2. The molecule has 0 spiro atoms. The number of amides is 2. The normalized spacial score (nSPS) is 12.7. The molecule has 2 atom stereocenters. The molecular formula is C21H28N4O4. The average molecular weight is 400 g/mol. The lowest BCUT2D eigenvalue weighted by atomic mass is 10.1.